The molecule has 150 valence electrons. The summed E-state index contributed by atoms with van der Waals surface area (Å²) in [4.78, 5) is 19.6. The fourth-order valence-electron chi connectivity index (χ4n) is 3.02. The van der Waals surface area contributed by atoms with Crippen LogP contribution in [-0.4, -0.2) is 25.1 Å². The molecule has 0 spiro atoms. The van der Waals surface area contributed by atoms with E-state index in [1.165, 1.54) is 11.3 Å². The number of furan rings is 1. The smallest absolute Gasteiger partial charge is 0.260 e. The minimum atomic E-state index is -0.257. The van der Waals surface area contributed by atoms with Crippen molar-refractivity contribution in [1.29, 1.82) is 5.26 Å². The molecular formula is C22H17N3O4S. The minimum Gasteiger partial charge on any atom is -0.495 e. The van der Waals surface area contributed by atoms with Gasteiger partial charge < -0.3 is 13.9 Å². The van der Waals surface area contributed by atoms with E-state index in [0.717, 1.165) is 4.70 Å². The van der Waals surface area contributed by atoms with E-state index in [0.29, 0.717) is 39.0 Å². The lowest BCUT2D eigenvalue weighted by Gasteiger charge is -2.18. The normalized spacial score (nSPS) is 10.6. The van der Waals surface area contributed by atoms with Crippen LogP contribution in [-0.2, 0) is 6.54 Å². The van der Waals surface area contributed by atoms with E-state index in [-0.39, 0.29) is 12.5 Å². The minimum absolute atomic E-state index is 0.205. The Morgan fingerprint density at radius 1 is 1.13 bits per heavy atom. The lowest BCUT2D eigenvalue weighted by Crippen LogP contribution is -2.30. The van der Waals surface area contributed by atoms with Gasteiger partial charge >= 0.3 is 0 Å². The molecule has 4 rings (SSSR count). The maximum absolute atomic E-state index is 13.4. The molecule has 0 aliphatic heterocycles. The molecule has 7 nitrogen and oxygen atoms in total. The van der Waals surface area contributed by atoms with Crippen LogP contribution in [0.3, 0.4) is 0 Å². The molecule has 0 saturated heterocycles. The molecule has 1 amide bonds. The van der Waals surface area contributed by atoms with E-state index < -0.39 is 0 Å². The van der Waals surface area contributed by atoms with E-state index in [1.54, 1.807) is 67.8 Å². The molecule has 8 heteroatoms. The monoisotopic (exact) mass is 419 g/mol. The lowest BCUT2D eigenvalue weighted by atomic mass is 10.1. The van der Waals surface area contributed by atoms with E-state index in [1.807, 2.05) is 6.07 Å². The van der Waals surface area contributed by atoms with Crippen molar-refractivity contribution in [2.45, 2.75) is 6.54 Å². The molecule has 0 unspecified atom stereocenters. The summed E-state index contributed by atoms with van der Waals surface area (Å²) >= 11 is 1.33. The molecule has 0 saturated carbocycles. The molecule has 4 aromatic rings. The number of ether oxygens (including phenoxy) is 2. The van der Waals surface area contributed by atoms with E-state index in [4.69, 9.17) is 19.2 Å². The molecule has 0 aliphatic carbocycles. The largest absolute Gasteiger partial charge is 0.495 e. The fourth-order valence-corrected chi connectivity index (χ4v) is 4.09. The quantitative estimate of drug-likeness (QED) is 0.453. The number of hydrogen-bond donors (Lipinski definition) is 0. The van der Waals surface area contributed by atoms with Gasteiger partial charge in [0.1, 0.15) is 27.5 Å². The first-order valence-corrected chi connectivity index (χ1v) is 9.82. The maximum Gasteiger partial charge on any atom is 0.260 e. The van der Waals surface area contributed by atoms with Gasteiger partial charge in [0, 0.05) is 5.56 Å². The van der Waals surface area contributed by atoms with Gasteiger partial charge in [-0.3, -0.25) is 9.69 Å². The summed E-state index contributed by atoms with van der Waals surface area (Å²) < 4.78 is 17.1. The first-order chi connectivity index (χ1) is 14.6. The third-order valence-electron chi connectivity index (χ3n) is 4.53. The summed E-state index contributed by atoms with van der Waals surface area (Å²) in [5, 5.41) is 9.50. The molecule has 0 radical (unpaired) electrons. The summed E-state index contributed by atoms with van der Waals surface area (Å²) in [5.41, 5.74) is 1.55. The van der Waals surface area contributed by atoms with Crippen molar-refractivity contribution in [2.75, 3.05) is 19.1 Å². The topological polar surface area (TPSA) is 88.6 Å². The van der Waals surface area contributed by atoms with E-state index >= 15 is 0 Å². The number of aromatic nitrogens is 1. The van der Waals surface area contributed by atoms with Crippen LogP contribution < -0.4 is 14.4 Å². The van der Waals surface area contributed by atoms with Gasteiger partial charge in [-0.1, -0.05) is 11.3 Å². The molecule has 30 heavy (non-hydrogen) atoms. The van der Waals surface area contributed by atoms with Gasteiger partial charge in [0.15, 0.2) is 5.13 Å². The summed E-state index contributed by atoms with van der Waals surface area (Å²) in [6.07, 6.45) is 1.56. The number of nitriles is 1. The zero-order valence-corrected chi connectivity index (χ0v) is 17.1. The van der Waals surface area contributed by atoms with E-state index in [9.17, 15) is 4.79 Å². The van der Waals surface area contributed by atoms with Crippen LogP contribution in [0.2, 0.25) is 0 Å². The Hall–Kier alpha value is -3.83. The molecule has 2 aromatic carbocycles. The van der Waals surface area contributed by atoms with Gasteiger partial charge in [-0.05, 0) is 48.5 Å². The maximum atomic E-state index is 13.4. The molecule has 2 aromatic heterocycles. The number of nitrogens with zero attached hydrogens (tertiary/aromatic N) is 3. The van der Waals surface area contributed by atoms with Crippen LogP contribution in [0.5, 0.6) is 11.5 Å². The second-order valence-electron chi connectivity index (χ2n) is 6.30. The lowest BCUT2D eigenvalue weighted by molar-refractivity contribution is 0.0983. The first-order valence-electron chi connectivity index (χ1n) is 9.00. The van der Waals surface area contributed by atoms with Crippen molar-refractivity contribution in [3.05, 3.63) is 71.7 Å². The molecule has 0 fully saturated rings. The highest BCUT2D eigenvalue weighted by molar-refractivity contribution is 7.22. The Bertz CT molecular complexity index is 1180. The van der Waals surface area contributed by atoms with Gasteiger partial charge in [-0.15, -0.1) is 0 Å². The number of benzene rings is 2. The Balaban J connectivity index is 1.81. The van der Waals surface area contributed by atoms with Crippen LogP contribution in [0, 0.1) is 11.3 Å². The number of fused-ring (bicyclic) bond motifs is 1. The second kappa shape index (κ2) is 8.27. The Morgan fingerprint density at radius 3 is 2.50 bits per heavy atom. The number of carbonyl (C=O) groups excluding carboxylic acids is 1. The van der Waals surface area contributed by atoms with Gasteiger partial charge in [-0.25, -0.2) is 4.98 Å². The Kier molecular flexibility index (Phi) is 5.37. The predicted octanol–water partition coefficient (Wildman–Crippen LogP) is 4.63. The predicted molar refractivity (Wildman–Crippen MR) is 113 cm³/mol. The number of amides is 1. The van der Waals surface area contributed by atoms with Gasteiger partial charge in [0.2, 0.25) is 0 Å². The summed E-state index contributed by atoms with van der Waals surface area (Å²) in [5.74, 6) is 1.61. The number of hydrogen-bond acceptors (Lipinski definition) is 7. The highest BCUT2D eigenvalue weighted by Gasteiger charge is 2.24. The number of anilines is 1. The van der Waals surface area contributed by atoms with Crippen LogP contribution in [0.25, 0.3) is 10.2 Å². The van der Waals surface area contributed by atoms with Crippen molar-refractivity contribution in [2.24, 2.45) is 0 Å². The molecule has 2 heterocycles. The Labute approximate surface area is 176 Å². The highest BCUT2D eigenvalue weighted by Crippen LogP contribution is 2.40. The van der Waals surface area contributed by atoms with Crippen LogP contribution >= 0.6 is 11.3 Å². The number of rotatable bonds is 6. The van der Waals surface area contributed by atoms with Crippen LogP contribution in [0.1, 0.15) is 21.7 Å². The highest BCUT2D eigenvalue weighted by atomic mass is 32.1. The summed E-state index contributed by atoms with van der Waals surface area (Å²) in [7, 11) is 3.16. The average Bonchev–Trinajstić information content (AvgIpc) is 3.46. The molecule has 0 N–H and O–H groups in total. The average molecular weight is 419 g/mol. The van der Waals surface area contributed by atoms with Gasteiger partial charge in [0.05, 0.1) is 38.7 Å². The van der Waals surface area contributed by atoms with Crippen LogP contribution in [0.15, 0.2) is 59.2 Å². The standard InChI is InChI=1S/C22H17N3O4S/c1-27-17-9-10-18(28-2)20-19(17)24-22(30-20)25(13-16-4-3-11-29-16)21(26)15-7-5-14(12-23)6-8-15/h3-11H,13H2,1-2H3. The summed E-state index contributed by atoms with van der Waals surface area (Å²) in [6.45, 7) is 0.205. The van der Waals surface area contributed by atoms with Crippen molar-refractivity contribution >= 4 is 32.6 Å². The number of carbonyl (C=O) groups is 1. The van der Waals surface area contributed by atoms with Gasteiger partial charge in [0.25, 0.3) is 5.91 Å². The van der Waals surface area contributed by atoms with E-state index in [2.05, 4.69) is 11.1 Å². The summed E-state index contributed by atoms with van der Waals surface area (Å²) in [6, 6.07) is 15.7. The van der Waals surface area contributed by atoms with Crippen molar-refractivity contribution < 1.29 is 18.7 Å². The number of thiazole rings is 1. The van der Waals surface area contributed by atoms with Crippen molar-refractivity contribution in [1.82, 2.24) is 4.98 Å². The zero-order valence-electron chi connectivity index (χ0n) is 16.3. The van der Waals surface area contributed by atoms with Crippen molar-refractivity contribution in [3.8, 4) is 17.6 Å². The molecule has 0 aliphatic rings. The van der Waals surface area contributed by atoms with Crippen LogP contribution in [0.4, 0.5) is 5.13 Å². The molecule has 0 atom stereocenters. The third kappa shape index (κ3) is 3.58. The number of methoxy groups -OCH3 is 2. The van der Waals surface area contributed by atoms with Gasteiger partial charge in [-0.2, -0.15) is 5.26 Å². The second-order valence-corrected chi connectivity index (χ2v) is 7.28. The molecular weight excluding hydrogens is 402 g/mol. The Morgan fingerprint density at radius 2 is 1.87 bits per heavy atom. The third-order valence-corrected chi connectivity index (χ3v) is 5.62. The molecule has 0 bridgehead atoms. The zero-order chi connectivity index (χ0) is 21.1. The fraction of sp³-hybridized carbons (Fsp3) is 0.136. The SMILES string of the molecule is COc1ccc(OC)c2sc(N(Cc3ccco3)C(=O)c3ccc(C#N)cc3)nc12. The van der Waals surface area contributed by atoms with Crippen molar-refractivity contribution in [3.63, 3.8) is 0 Å². The first kappa shape index (κ1) is 19.5.